The van der Waals surface area contributed by atoms with Crippen LogP contribution < -0.4 is 0 Å². The molecule has 0 saturated carbocycles. The number of aromatic nitrogens is 1. The number of morpholine rings is 1. The highest BCUT2D eigenvalue weighted by molar-refractivity contribution is 6.00. The third-order valence-corrected chi connectivity index (χ3v) is 6.06. The molecule has 28 heavy (non-hydrogen) atoms. The Morgan fingerprint density at radius 2 is 2.04 bits per heavy atom. The lowest BCUT2D eigenvalue weighted by molar-refractivity contribution is -0.0389. The van der Waals surface area contributed by atoms with Gasteiger partial charge in [0.1, 0.15) is 11.5 Å². The van der Waals surface area contributed by atoms with Crippen LogP contribution in [-0.2, 0) is 4.74 Å². The van der Waals surface area contributed by atoms with Crippen LogP contribution >= 0.6 is 0 Å². The first-order valence-electron chi connectivity index (χ1n) is 10.0. The van der Waals surface area contributed by atoms with Crippen LogP contribution in [0.5, 0.6) is 0 Å². The molecule has 2 aliphatic rings. The number of amides is 1. The number of β-amino-alcohol motifs (C(OH)–C–C–N with tert-alkyl or cyclic N) is 1. The van der Waals surface area contributed by atoms with Crippen LogP contribution in [0.2, 0.25) is 0 Å². The van der Waals surface area contributed by atoms with Crippen molar-refractivity contribution in [3.8, 4) is 0 Å². The number of likely N-dealkylation sites (tertiary alicyclic amines) is 1. The van der Waals surface area contributed by atoms with Crippen molar-refractivity contribution in [3.05, 3.63) is 35.3 Å². The number of nitrogens with one attached hydrogen (secondary N) is 1. The summed E-state index contributed by atoms with van der Waals surface area (Å²) >= 11 is 0. The first-order chi connectivity index (χ1) is 13.5. The summed E-state index contributed by atoms with van der Waals surface area (Å²) in [6.45, 7) is 6.71. The smallest absolute Gasteiger partial charge is 0.270 e. The zero-order valence-corrected chi connectivity index (χ0v) is 16.3. The summed E-state index contributed by atoms with van der Waals surface area (Å²) in [5.74, 6) is -0.388. The third-order valence-electron chi connectivity index (χ3n) is 6.06. The summed E-state index contributed by atoms with van der Waals surface area (Å²) in [5.41, 5.74) is 1.28. The zero-order chi connectivity index (χ0) is 19.7. The van der Waals surface area contributed by atoms with Gasteiger partial charge < -0.3 is 19.7 Å². The van der Waals surface area contributed by atoms with Gasteiger partial charge in [-0.2, -0.15) is 0 Å². The monoisotopic (exact) mass is 389 g/mol. The molecule has 1 aromatic heterocycles. The number of nitrogens with zero attached hydrogens (tertiary/aromatic N) is 2. The van der Waals surface area contributed by atoms with Crippen LogP contribution in [0.1, 0.15) is 35.3 Å². The van der Waals surface area contributed by atoms with Crippen molar-refractivity contribution in [3.63, 3.8) is 0 Å². The predicted molar refractivity (Wildman–Crippen MR) is 105 cm³/mol. The van der Waals surface area contributed by atoms with Crippen LogP contribution in [-0.4, -0.2) is 77.3 Å². The van der Waals surface area contributed by atoms with Gasteiger partial charge in [-0.25, -0.2) is 4.39 Å². The number of aliphatic hydroxyl groups is 1. The molecule has 7 heteroatoms. The summed E-state index contributed by atoms with van der Waals surface area (Å²) in [6.07, 6.45) is 2.01. The van der Waals surface area contributed by atoms with E-state index in [9.17, 15) is 14.3 Å². The number of hydrogen-bond acceptors (Lipinski definition) is 4. The average Bonchev–Trinajstić information content (AvgIpc) is 2.88. The SMILES string of the molecule is Cc1c(C(=O)N2CCC[C@@](O)(CN3CCOCC3)CC2)[nH]c2ccc(F)cc12. The van der Waals surface area contributed by atoms with Gasteiger partial charge in [0.05, 0.1) is 18.8 Å². The quantitative estimate of drug-likeness (QED) is 0.845. The maximum atomic E-state index is 13.6. The molecule has 2 saturated heterocycles. The Morgan fingerprint density at radius 3 is 2.82 bits per heavy atom. The van der Waals surface area contributed by atoms with Gasteiger partial charge in [-0.1, -0.05) is 0 Å². The Bertz CT molecular complexity index is 862. The summed E-state index contributed by atoms with van der Waals surface area (Å²) in [5, 5.41) is 11.8. The Kier molecular flexibility index (Phi) is 5.40. The molecule has 2 aromatic rings. The van der Waals surface area contributed by atoms with E-state index in [-0.39, 0.29) is 11.7 Å². The molecule has 0 unspecified atom stereocenters. The highest BCUT2D eigenvalue weighted by Gasteiger charge is 2.34. The van der Waals surface area contributed by atoms with Gasteiger partial charge >= 0.3 is 0 Å². The van der Waals surface area contributed by atoms with Crippen LogP contribution in [0.3, 0.4) is 0 Å². The van der Waals surface area contributed by atoms with Gasteiger partial charge in [0.15, 0.2) is 0 Å². The molecule has 0 spiro atoms. The second-order valence-corrected chi connectivity index (χ2v) is 8.07. The Balaban J connectivity index is 1.46. The molecule has 1 atom stereocenters. The number of benzene rings is 1. The number of carbonyl (C=O) groups is 1. The molecule has 2 N–H and O–H groups in total. The lowest BCUT2D eigenvalue weighted by Crippen LogP contribution is -2.48. The van der Waals surface area contributed by atoms with E-state index in [1.165, 1.54) is 12.1 Å². The molecule has 0 bridgehead atoms. The van der Waals surface area contributed by atoms with E-state index in [2.05, 4.69) is 9.88 Å². The lowest BCUT2D eigenvalue weighted by Gasteiger charge is -2.35. The van der Waals surface area contributed by atoms with E-state index >= 15 is 0 Å². The number of aromatic amines is 1. The van der Waals surface area contributed by atoms with Crippen molar-refractivity contribution >= 4 is 16.8 Å². The van der Waals surface area contributed by atoms with Crippen molar-refractivity contribution < 1.29 is 19.0 Å². The van der Waals surface area contributed by atoms with Crippen LogP contribution in [0.4, 0.5) is 4.39 Å². The molecular formula is C21H28FN3O3. The second kappa shape index (κ2) is 7.81. The summed E-state index contributed by atoms with van der Waals surface area (Å²) in [4.78, 5) is 20.3. The predicted octanol–water partition coefficient (Wildman–Crippen LogP) is 2.30. The van der Waals surface area contributed by atoms with Gasteiger partial charge in [0, 0.05) is 43.6 Å². The molecule has 1 amide bonds. The largest absolute Gasteiger partial charge is 0.388 e. The van der Waals surface area contributed by atoms with E-state index in [0.717, 1.165) is 36.0 Å². The summed E-state index contributed by atoms with van der Waals surface area (Å²) < 4.78 is 18.9. The van der Waals surface area contributed by atoms with Crippen molar-refractivity contribution in [1.82, 2.24) is 14.8 Å². The summed E-state index contributed by atoms with van der Waals surface area (Å²) in [6, 6.07) is 4.52. The lowest BCUT2D eigenvalue weighted by atomic mass is 9.94. The minimum absolute atomic E-state index is 0.0790. The van der Waals surface area contributed by atoms with Crippen molar-refractivity contribution in [2.75, 3.05) is 45.9 Å². The standard InChI is InChI=1S/C21H28FN3O3/c1-15-17-13-16(22)3-4-18(17)23-19(15)20(26)25-7-2-5-21(27,6-8-25)14-24-9-11-28-12-10-24/h3-4,13,23,27H,2,5-12,14H2,1H3/t21-/m0/s1. The van der Waals surface area contributed by atoms with E-state index in [0.29, 0.717) is 51.4 Å². The first kappa shape index (κ1) is 19.4. The number of carbonyl (C=O) groups excluding carboxylic acids is 1. The third kappa shape index (κ3) is 3.92. The second-order valence-electron chi connectivity index (χ2n) is 8.07. The maximum absolute atomic E-state index is 13.6. The van der Waals surface area contributed by atoms with Crippen LogP contribution in [0, 0.1) is 12.7 Å². The topological polar surface area (TPSA) is 68.8 Å². The van der Waals surface area contributed by atoms with Crippen molar-refractivity contribution in [2.24, 2.45) is 0 Å². The highest BCUT2D eigenvalue weighted by Crippen LogP contribution is 2.27. The van der Waals surface area contributed by atoms with Gasteiger partial charge in [-0.3, -0.25) is 9.69 Å². The first-order valence-corrected chi connectivity index (χ1v) is 10.0. The fraction of sp³-hybridized carbons (Fsp3) is 0.571. The molecule has 4 rings (SSSR count). The maximum Gasteiger partial charge on any atom is 0.270 e. The summed E-state index contributed by atoms with van der Waals surface area (Å²) in [7, 11) is 0. The number of ether oxygens (including phenoxy) is 1. The number of fused-ring (bicyclic) bond motifs is 1. The molecule has 2 aliphatic heterocycles. The van der Waals surface area contributed by atoms with Crippen molar-refractivity contribution in [2.45, 2.75) is 31.8 Å². The Labute approximate surface area is 164 Å². The fourth-order valence-electron chi connectivity index (χ4n) is 4.39. The molecule has 152 valence electrons. The minimum Gasteiger partial charge on any atom is -0.388 e. The number of aryl methyl sites for hydroxylation is 1. The van der Waals surface area contributed by atoms with E-state index in [1.54, 1.807) is 6.07 Å². The van der Waals surface area contributed by atoms with Crippen molar-refractivity contribution in [1.29, 1.82) is 0 Å². The molecule has 3 heterocycles. The van der Waals surface area contributed by atoms with Gasteiger partial charge in [-0.05, 0) is 49.9 Å². The molecule has 6 nitrogen and oxygen atoms in total. The fourth-order valence-corrected chi connectivity index (χ4v) is 4.39. The average molecular weight is 389 g/mol. The Hall–Kier alpha value is -1.96. The molecule has 1 aromatic carbocycles. The number of rotatable bonds is 3. The van der Waals surface area contributed by atoms with E-state index in [1.807, 2.05) is 11.8 Å². The normalized spacial score (nSPS) is 24.5. The molecule has 0 radical (unpaired) electrons. The van der Waals surface area contributed by atoms with Gasteiger partial charge in [-0.15, -0.1) is 0 Å². The minimum atomic E-state index is -0.773. The molecule has 2 fully saturated rings. The van der Waals surface area contributed by atoms with Crippen LogP contribution in [0.15, 0.2) is 18.2 Å². The zero-order valence-electron chi connectivity index (χ0n) is 16.3. The highest BCUT2D eigenvalue weighted by atomic mass is 19.1. The van der Waals surface area contributed by atoms with Gasteiger partial charge in [0.2, 0.25) is 0 Å². The number of H-pyrrole nitrogens is 1. The Morgan fingerprint density at radius 1 is 1.25 bits per heavy atom. The number of hydrogen-bond donors (Lipinski definition) is 2. The van der Waals surface area contributed by atoms with E-state index in [4.69, 9.17) is 4.74 Å². The van der Waals surface area contributed by atoms with E-state index < -0.39 is 5.60 Å². The molecule has 0 aliphatic carbocycles. The van der Waals surface area contributed by atoms with Crippen LogP contribution in [0.25, 0.3) is 10.9 Å². The number of halogens is 1. The molecular weight excluding hydrogens is 361 g/mol. The van der Waals surface area contributed by atoms with Gasteiger partial charge in [0.25, 0.3) is 5.91 Å².